The van der Waals surface area contributed by atoms with Crippen LogP contribution in [0.3, 0.4) is 0 Å². The second-order valence-electron chi connectivity index (χ2n) is 6.63. The van der Waals surface area contributed by atoms with Crippen molar-refractivity contribution in [3.05, 3.63) is 64.2 Å². The van der Waals surface area contributed by atoms with E-state index >= 15 is 0 Å². The number of carbonyl (C=O) groups is 1. The fraction of sp³-hybridized carbons (Fsp3) is 0.350. The lowest BCUT2D eigenvalue weighted by atomic mass is 10.1. The van der Waals surface area contributed by atoms with Gasteiger partial charge in [0.25, 0.3) is 0 Å². The summed E-state index contributed by atoms with van der Waals surface area (Å²) >= 11 is 6.30. The van der Waals surface area contributed by atoms with Crippen LogP contribution in [0, 0.1) is 19.8 Å². The number of hydrogen-bond acceptors (Lipinski definition) is 2. The van der Waals surface area contributed by atoms with Crippen LogP contribution < -0.4 is 5.32 Å². The van der Waals surface area contributed by atoms with Gasteiger partial charge in [-0.05, 0) is 49.6 Å². The molecule has 24 heavy (non-hydrogen) atoms. The number of nitrogens with zero attached hydrogens (tertiary/aromatic N) is 1. The zero-order chi connectivity index (χ0) is 17.1. The Balaban J connectivity index is 1.61. The molecule has 0 saturated carbocycles. The van der Waals surface area contributed by atoms with Gasteiger partial charge >= 0.3 is 0 Å². The Labute approximate surface area is 148 Å². The molecule has 1 unspecified atom stereocenters. The SMILES string of the molecule is Cc1cc(C)c(NC(=O)C2CCN(Cc3ccccc3)C2)c(Cl)c1. The van der Waals surface area contributed by atoms with Gasteiger partial charge in [0.2, 0.25) is 5.91 Å². The second-order valence-corrected chi connectivity index (χ2v) is 7.04. The van der Waals surface area contributed by atoms with Crippen molar-refractivity contribution in [3.63, 3.8) is 0 Å². The molecule has 1 saturated heterocycles. The lowest BCUT2D eigenvalue weighted by Gasteiger charge is -2.17. The molecule has 0 aromatic heterocycles. The summed E-state index contributed by atoms with van der Waals surface area (Å²) in [5.74, 6) is 0.0879. The average molecular weight is 343 g/mol. The highest BCUT2D eigenvalue weighted by molar-refractivity contribution is 6.34. The van der Waals surface area contributed by atoms with Gasteiger partial charge in [-0.2, -0.15) is 0 Å². The summed E-state index contributed by atoms with van der Waals surface area (Å²) in [4.78, 5) is 14.9. The fourth-order valence-corrected chi connectivity index (χ4v) is 3.70. The molecule has 1 amide bonds. The van der Waals surface area contributed by atoms with E-state index in [0.717, 1.165) is 42.9 Å². The van der Waals surface area contributed by atoms with Crippen molar-refractivity contribution in [1.29, 1.82) is 0 Å². The molecular formula is C20H23ClN2O. The first-order chi connectivity index (χ1) is 11.5. The second kappa shape index (κ2) is 7.37. The number of rotatable bonds is 4. The third kappa shape index (κ3) is 3.97. The molecular weight excluding hydrogens is 320 g/mol. The van der Waals surface area contributed by atoms with Gasteiger partial charge in [-0.1, -0.05) is 48.0 Å². The minimum Gasteiger partial charge on any atom is -0.324 e. The standard InChI is InChI=1S/C20H23ClN2O/c1-14-10-15(2)19(18(21)11-14)22-20(24)17-8-9-23(13-17)12-16-6-4-3-5-7-16/h3-7,10-11,17H,8-9,12-13H2,1-2H3,(H,22,24). The lowest BCUT2D eigenvalue weighted by molar-refractivity contribution is -0.119. The summed E-state index contributed by atoms with van der Waals surface area (Å²) in [5, 5.41) is 3.65. The Hall–Kier alpha value is -1.84. The summed E-state index contributed by atoms with van der Waals surface area (Å²) in [5.41, 5.74) is 4.14. The van der Waals surface area contributed by atoms with Gasteiger partial charge in [0, 0.05) is 13.1 Å². The van der Waals surface area contributed by atoms with E-state index in [4.69, 9.17) is 11.6 Å². The molecule has 1 atom stereocenters. The topological polar surface area (TPSA) is 32.3 Å². The van der Waals surface area contributed by atoms with E-state index in [-0.39, 0.29) is 11.8 Å². The van der Waals surface area contributed by atoms with E-state index in [2.05, 4.69) is 34.5 Å². The molecule has 126 valence electrons. The molecule has 3 rings (SSSR count). The van der Waals surface area contributed by atoms with Gasteiger partial charge in [0.05, 0.1) is 16.6 Å². The average Bonchev–Trinajstić information content (AvgIpc) is 3.00. The summed E-state index contributed by atoms with van der Waals surface area (Å²) in [6, 6.07) is 14.3. The largest absolute Gasteiger partial charge is 0.324 e. The number of benzene rings is 2. The zero-order valence-electron chi connectivity index (χ0n) is 14.2. The van der Waals surface area contributed by atoms with Crippen molar-refractivity contribution in [2.24, 2.45) is 5.92 Å². The van der Waals surface area contributed by atoms with E-state index in [1.54, 1.807) is 0 Å². The van der Waals surface area contributed by atoms with Crippen molar-refractivity contribution in [1.82, 2.24) is 4.90 Å². The number of nitrogens with one attached hydrogen (secondary N) is 1. The van der Waals surface area contributed by atoms with Gasteiger partial charge in [-0.25, -0.2) is 0 Å². The predicted octanol–water partition coefficient (Wildman–Crippen LogP) is 4.42. The van der Waals surface area contributed by atoms with E-state index in [9.17, 15) is 4.79 Å². The first-order valence-electron chi connectivity index (χ1n) is 8.37. The maximum Gasteiger partial charge on any atom is 0.228 e. The molecule has 3 nitrogen and oxygen atoms in total. The van der Waals surface area contributed by atoms with E-state index in [1.165, 1.54) is 5.56 Å². The molecule has 1 fully saturated rings. The van der Waals surface area contributed by atoms with Gasteiger partial charge in [0.15, 0.2) is 0 Å². The van der Waals surface area contributed by atoms with Crippen LogP contribution in [-0.2, 0) is 11.3 Å². The number of anilines is 1. The molecule has 1 aliphatic heterocycles. The number of hydrogen-bond donors (Lipinski definition) is 1. The Bertz CT molecular complexity index is 707. The molecule has 2 aromatic carbocycles. The van der Waals surface area contributed by atoms with Crippen LogP contribution in [0.2, 0.25) is 5.02 Å². The van der Waals surface area contributed by atoms with Crippen molar-refractivity contribution in [2.75, 3.05) is 18.4 Å². The molecule has 0 radical (unpaired) electrons. The fourth-order valence-electron chi connectivity index (χ4n) is 3.33. The van der Waals surface area contributed by atoms with E-state index in [1.807, 2.05) is 32.0 Å². The number of halogens is 1. The molecule has 0 bridgehead atoms. The van der Waals surface area contributed by atoms with Gasteiger partial charge in [-0.3, -0.25) is 9.69 Å². The normalized spacial score (nSPS) is 17.9. The molecule has 1 aliphatic rings. The van der Waals surface area contributed by atoms with Crippen LogP contribution in [0.1, 0.15) is 23.1 Å². The van der Waals surface area contributed by atoms with E-state index < -0.39 is 0 Å². The number of carbonyl (C=O) groups excluding carboxylic acids is 1. The maximum atomic E-state index is 12.6. The van der Waals surface area contributed by atoms with Gasteiger partial charge in [-0.15, -0.1) is 0 Å². The van der Waals surface area contributed by atoms with Crippen molar-refractivity contribution in [2.45, 2.75) is 26.8 Å². The van der Waals surface area contributed by atoms with Gasteiger partial charge in [0.1, 0.15) is 0 Å². The molecule has 2 aromatic rings. The summed E-state index contributed by atoms with van der Waals surface area (Å²) in [6.45, 7) is 6.62. The highest BCUT2D eigenvalue weighted by Crippen LogP contribution is 2.29. The first kappa shape index (κ1) is 17.0. The molecule has 0 aliphatic carbocycles. The summed E-state index contributed by atoms with van der Waals surface area (Å²) < 4.78 is 0. The minimum atomic E-state index is 0.0190. The van der Waals surface area contributed by atoms with Crippen LogP contribution in [0.5, 0.6) is 0 Å². The predicted molar refractivity (Wildman–Crippen MR) is 99.4 cm³/mol. The van der Waals surface area contributed by atoms with Crippen LogP contribution >= 0.6 is 11.6 Å². The smallest absolute Gasteiger partial charge is 0.228 e. The molecule has 4 heteroatoms. The number of likely N-dealkylation sites (tertiary alicyclic amines) is 1. The third-order valence-electron chi connectivity index (χ3n) is 4.57. The Morgan fingerprint density at radius 3 is 2.71 bits per heavy atom. The Morgan fingerprint density at radius 2 is 2.00 bits per heavy atom. The minimum absolute atomic E-state index is 0.0190. The highest BCUT2D eigenvalue weighted by atomic mass is 35.5. The molecule has 1 N–H and O–H groups in total. The van der Waals surface area contributed by atoms with Crippen molar-refractivity contribution >= 4 is 23.2 Å². The first-order valence-corrected chi connectivity index (χ1v) is 8.74. The van der Waals surface area contributed by atoms with Crippen molar-refractivity contribution < 1.29 is 4.79 Å². The van der Waals surface area contributed by atoms with Crippen LogP contribution in [0.15, 0.2) is 42.5 Å². The van der Waals surface area contributed by atoms with Crippen LogP contribution in [-0.4, -0.2) is 23.9 Å². The van der Waals surface area contributed by atoms with Gasteiger partial charge < -0.3 is 5.32 Å². The summed E-state index contributed by atoms with van der Waals surface area (Å²) in [7, 11) is 0. The monoisotopic (exact) mass is 342 g/mol. The third-order valence-corrected chi connectivity index (χ3v) is 4.87. The lowest BCUT2D eigenvalue weighted by Crippen LogP contribution is -2.27. The highest BCUT2D eigenvalue weighted by Gasteiger charge is 2.28. The number of amides is 1. The van der Waals surface area contributed by atoms with Crippen molar-refractivity contribution in [3.8, 4) is 0 Å². The van der Waals surface area contributed by atoms with E-state index in [0.29, 0.717) is 5.02 Å². The van der Waals surface area contributed by atoms with Crippen LogP contribution in [0.25, 0.3) is 0 Å². The number of aryl methyl sites for hydroxylation is 2. The van der Waals surface area contributed by atoms with Crippen LogP contribution in [0.4, 0.5) is 5.69 Å². The maximum absolute atomic E-state index is 12.6. The quantitative estimate of drug-likeness (QED) is 0.892. The molecule has 1 heterocycles. The Morgan fingerprint density at radius 1 is 1.25 bits per heavy atom. The summed E-state index contributed by atoms with van der Waals surface area (Å²) in [6.07, 6.45) is 0.890. The Kier molecular flexibility index (Phi) is 5.22. The zero-order valence-corrected chi connectivity index (χ0v) is 14.9. The molecule has 0 spiro atoms.